The quantitative estimate of drug-likeness (QED) is 0.650. The molecule has 0 radical (unpaired) electrons. The van der Waals surface area contributed by atoms with Gasteiger partial charge in [-0.3, -0.25) is 9.59 Å². The molecule has 0 fully saturated rings. The molecule has 0 saturated carbocycles. The third kappa shape index (κ3) is 5.24. The number of nitrogens with one attached hydrogen (secondary N) is 1. The number of ether oxygens (including phenoxy) is 1. The molecule has 1 heterocycles. The van der Waals surface area contributed by atoms with Crippen LogP contribution in [0.5, 0.6) is 5.75 Å². The van der Waals surface area contributed by atoms with Crippen molar-refractivity contribution in [2.24, 2.45) is 0 Å². The summed E-state index contributed by atoms with van der Waals surface area (Å²) in [5, 5.41) is 6.90. The molecule has 1 N–H and O–H groups in total. The zero-order valence-corrected chi connectivity index (χ0v) is 14.5. The summed E-state index contributed by atoms with van der Waals surface area (Å²) in [5.41, 5.74) is 1.12. The van der Waals surface area contributed by atoms with Crippen LogP contribution in [-0.4, -0.2) is 28.8 Å². The fraction of sp³-hybridized carbons (Fsp3) is 0.150. The third-order valence-electron chi connectivity index (χ3n) is 3.74. The van der Waals surface area contributed by atoms with E-state index in [-0.39, 0.29) is 37.0 Å². The number of aromatic nitrogens is 2. The fourth-order valence-electron chi connectivity index (χ4n) is 2.41. The first-order valence-electron chi connectivity index (χ1n) is 8.40. The molecule has 27 heavy (non-hydrogen) atoms. The van der Waals surface area contributed by atoms with E-state index in [1.165, 1.54) is 30.3 Å². The molecule has 0 spiro atoms. The number of carbonyl (C=O) groups is 1. The van der Waals surface area contributed by atoms with Gasteiger partial charge >= 0.3 is 0 Å². The molecular weight excluding hydrogens is 349 g/mol. The van der Waals surface area contributed by atoms with Crippen LogP contribution >= 0.6 is 0 Å². The molecule has 7 heteroatoms. The van der Waals surface area contributed by atoms with E-state index >= 15 is 0 Å². The molecule has 1 amide bonds. The molecule has 0 saturated heterocycles. The second-order valence-electron chi connectivity index (χ2n) is 5.73. The van der Waals surface area contributed by atoms with Crippen molar-refractivity contribution in [3.8, 4) is 17.0 Å². The largest absolute Gasteiger partial charge is 0.492 e. The number of hydrogen-bond acceptors (Lipinski definition) is 4. The van der Waals surface area contributed by atoms with Gasteiger partial charge in [0.1, 0.15) is 24.7 Å². The highest BCUT2D eigenvalue weighted by Gasteiger charge is 2.07. The molecule has 0 atom stereocenters. The van der Waals surface area contributed by atoms with Crippen molar-refractivity contribution in [1.82, 2.24) is 15.1 Å². The lowest BCUT2D eigenvalue weighted by atomic mass is 10.1. The van der Waals surface area contributed by atoms with Crippen LogP contribution < -0.4 is 15.6 Å². The van der Waals surface area contributed by atoms with E-state index in [1.807, 2.05) is 30.3 Å². The van der Waals surface area contributed by atoms with Gasteiger partial charge in [-0.2, -0.15) is 5.10 Å². The number of benzene rings is 2. The summed E-state index contributed by atoms with van der Waals surface area (Å²) < 4.78 is 19.3. The van der Waals surface area contributed by atoms with Crippen molar-refractivity contribution in [1.29, 1.82) is 0 Å². The summed E-state index contributed by atoms with van der Waals surface area (Å²) in [6.45, 7) is 0.295. The summed E-state index contributed by atoms with van der Waals surface area (Å²) >= 11 is 0. The summed E-state index contributed by atoms with van der Waals surface area (Å²) in [6, 6.07) is 18.0. The van der Waals surface area contributed by atoms with E-state index in [0.717, 1.165) is 10.2 Å². The molecule has 3 aromatic rings. The first kappa shape index (κ1) is 18.3. The molecule has 6 nitrogen and oxygen atoms in total. The average molecular weight is 367 g/mol. The molecule has 0 aliphatic carbocycles. The van der Waals surface area contributed by atoms with E-state index in [0.29, 0.717) is 11.4 Å². The highest BCUT2D eigenvalue weighted by molar-refractivity contribution is 5.75. The maximum Gasteiger partial charge on any atom is 0.267 e. The van der Waals surface area contributed by atoms with Gasteiger partial charge in [0.25, 0.3) is 5.56 Å². The van der Waals surface area contributed by atoms with Gasteiger partial charge in [0.2, 0.25) is 5.91 Å². The lowest BCUT2D eigenvalue weighted by molar-refractivity contribution is -0.122. The highest BCUT2D eigenvalue weighted by atomic mass is 19.1. The first-order valence-corrected chi connectivity index (χ1v) is 8.40. The third-order valence-corrected chi connectivity index (χ3v) is 3.74. The van der Waals surface area contributed by atoms with E-state index < -0.39 is 0 Å². The summed E-state index contributed by atoms with van der Waals surface area (Å²) in [7, 11) is 0. The summed E-state index contributed by atoms with van der Waals surface area (Å²) in [6.07, 6.45) is 0. The van der Waals surface area contributed by atoms with E-state index in [9.17, 15) is 14.0 Å². The average Bonchev–Trinajstić information content (AvgIpc) is 2.69. The summed E-state index contributed by atoms with van der Waals surface area (Å²) in [4.78, 5) is 24.0. The van der Waals surface area contributed by atoms with Crippen LogP contribution in [0.4, 0.5) is 4.39 Å². The molecule has 0 unspecified atom stereocenters. The minimum Gasteiger partial charge on any atom is -0.492 e. The molecule has 0 aliphatic rings. The van der Waals surface area contributed by atoms with Crippen LogP contribution in [0.3, 0.4) is 0 Å². The molecule has 0 bridgehead atoms. The van der Waals surface area contributed by atoms with Crippen LogP contribution in [0.1, 0.15) is 0 Å². The molecule has 2 aromatic carbocycles. The molecule has 3 rings (SSSR count). The van der Waals surface area contributed by atoms with Gasteiger partial charge in [-0.05, 0) is 30.3 Å². The van der Waals surface area contributed by atoms with Gasteiger partial charge in [0.05, 0.1) is 12.2 Å². The maximum atomic E-state index is 12.8. The van der Waals surface area contributed by atoms with Gasteiger partial charge in [-0.1, -0.05) is 30.3 Å². The Kier molecular flexibility index (Phi) is 5.94. The SMILES string of the molecule is O=C(Cn1nc(-c2ccccc2)ccc1=O)NCCOc1ccc(F)cc1. The second-order valence-corrected chi connectivity index (χ2v) is 5.73. The predicted octanol–water partition coefficient (Wildman–Crippen LogP) is 2.24. The number of halogens is 1. The number of amides is 1. The number of nitrogens with zero attached hydrogens (tertiary/aromatic N) is 2. The molecule has 138 valence electrons. The number of hydrogen-bond donors (Lipinski definition) is 1. The topological polar surface area (TPSA) is 73.2 Å². The Morgan fingerprint density at radius 3 is 2.52 bits per heavy atom. The Bertz CT molecular complexity index is 956. The van der Waals surface area contributed by atoms with Gasteiger partial charge < -0.3 is 10.1 Å². The lowest BCUT2D eigenvalue weighted by Gasteiger charge is -2.09. The van der Waals surface area contributed by atoms with Gasteiger partial charge in [-0.25, -0.2) is 9.07 Å². The maximum absolute atomic E-state index is 12.8. The van der Waals surface area contributed by atoms with Crippen LogP contribution in [0.25, 0.3) is 11.3 Å². The fourth-order valence-corrected chi connectivity index (χ4v) is 2.41. The lowest BCUT2D eigenvalue weighted by Crippen LogP contribution is -2.35. The zero-order valence-electron chi connectivity index (χ0n) is 14.5. The standard InChI is InChI=1S/C20H18FN3O3/c21-16-6-8-17(9-7-16)27-13-12-22-19(25)14-24-20(26)11-10-18(23-24)15-4-2-1-3-5-15/h1-11H,12-14H2,(H,22,25). The first-order chi connectivity index (χ1) is 13.1. The second kappa shape index (κ2) is 8.75. The normalized spacial score (nSPS) is 10.4. The van der Waals surface area contributed by atoms with Crippen molar-refractivity contribution < 1.29 is 13.9 Å². The predicted molar refractivity (Wildman–Crippen MR) is 98.8 cm³/mol. The summed E-state index contributed by atoms with van der Waals surface area (Å²) in [5.74, 6) is -0.178. The minimum absolute atomic E-state index is 0.184. The number of rotatable bonds is 7. The van der Waals surface area contributed by atoms with Crippen molar-refractivity contribution in [2.45, 2.75) is 6.54 Å². The van der Waals surface area contributed by atoms with Crippen molar-refractivity contribution >= 4 is 5.91 Å². The van der Waals surface area contributed by atoms with Gasteiger partial charge in [0.15, 0.2) is 0 Å². The van der Waals surface area contributed by atoms with Gasteiger partial charge in [0, 0.05) is 11.6 Å². The van der Waals surface area contributed by atoms with Crippen molar-refractivity contribution in [3.63, 3.8) is 0 Å². The van der Waals surface area contributed by atoms with E-state index in [2.05, 4.69) is 10.4 Å². The van der Waals surface area contributed by atoms with Crippen LogP contribution in [-0.2, 0) is 11.3 Å². The van der Waals surface area contributed by atoms with E-state index in [4.69, 9.17) is 4.74 Å². The number of carbonyl (C=O) groups excluding carboxylic acids is 1. The van der Waals surface area contributed by atoms with Crippen molar-refractivity contribution in [3.05, 3.63) is 82.9 Å². The van der Waals surface area contributed by atoms with Crippen LogP contribution in [0, 0.1) is 5.82 Å². The highest BCUT2D eigenvalue weighted by Crippen LogP contribution is 2.14. The molecular formula is C20H18FN3O3. The van der Waals surface area contributed by atoms with Crippen LogP contribution in [0.2, 0.25) is 0 Å². The van der Waals surface area contributed by atoms with E-state index in [1.54, 1.807) is 6.07 Å². The Morgan fingerprint density at radius 2 is 1.78 bits per heavy atom. The Balaban J connectivity index is 1.53. The Labute approximate surface area is 155 Å². The zero-order chi connectivity index (χ0) is 19.1. The monoisotopic (exact) mass is 367 g/mol. The van der Waals surface area contributed by atoms with Gasteiger partial charge in [-0.15, -0.1) is 0 Å². The Hall–Kier alpha value is -3.48. The van der Waals surface area contributed by atoms with Crippen LogP contribution in [0.15, 0.2) is 71.5 Å². The Morgan fingerprint density at radius 1 is 1.04 bits per heavy atom. The molecule has 0 aliphatic heterocycles. The van der Waals surface area contributed by atoms with Crippen molar-refractivity contribution in [2.75, 3.05) is 13.2 Å². The minimum atomic E-state index is -0.354. The molecule has 1 aromatic heterocycles. The smallest absolute Gasteiger partial charge is 0.267 e.